The summed E-state index contributed by atoms with van der Waals surface area (Å²) in [4.78, 5) is 19.2. The van der Waals surface area contributed by atoms with Gasteiger partial charge in [0.15, 0.2) is 0 Å². The highest BCUT2D eigenvalue weighted by molar-refractivity contribution is 5.94. The minimum atomic E-state index is -0.0290. The number of fused-ring (bicyclic) bond motifs is 2. The molecule has 1 atom stereocenters. The van der Waals surface area contributed by atoms with Gasteiger partial charge in [0.2, 0.25) is 0 Å². The van der Waals surface area contributed by atoms with E-state index in [1.807, 2.05) is 48.8 Å². The predicted octanol–water partition coefficient (Wildman–Crippen LogP) is 2.86. The molecule has 1 unspecified atom stereocenters. The van der Waals surface area contributed by atoms with Gasteiger partial charge in [-0.15, -0.1) is 0 Å². The molecule has 25 heavy (non-hydrogen) atoms. The van der Waals surface area contributed by atoms with Gasteiger partial charge in [-0.3, -0.25) is 9.20 Å². The first-order valence-corrected chi connectivity index (χ1v) is 8.51. The Hall–Kier alpha value is -2.66. The lowest BCUT2D eigenvalue weighted by atomic mass is 9.99. The number of carbonyl (C=O) groups is 1. The molecule has 0 N–H and O–H groups in total. The second-order valence-electron chi connectivity index (χ2n) is 6.57. The van der Waals surface area contributed by atoms with E-state index in [9.17, 15) is 4.79 Å². The van der Waals surface area contributed by atoms with E-state index in [2.05, 4.69) is 23.2 Å². The Morgan fingerprint density at radius 2 is 2.00 bits per heavy atom. The third-order valence-corrected chi connectivity index (χ3v) is 4.77. The quantitative estimate of drug-likeness (QED) is 0.739. The van der Waals surface area contributed by atoms with Gasteiger partial charge in [0.05, 0.1) is 18.4 Å². The van der Waals surface area contributed by atoms with Crippen LogP contribution in [-0.2, 0) is 17.8 Å². The summed E-state index contributed by atoms with van der Waals surface area (Å²) < 4.78 is 7.80. The zero-order valence-electron chi connectivity index (χ0n) is 14.5. The van der Waals surface area contributed by atoms with Crippen LogP contribution in [0.15, 0.2) is 48.7 Å². The minimum absolute atomic E-state index is 0.0170. The Morgan fingerprint density at radius 3 is 2.84 bits per heavy atom. The Labute approximate surface area is 146 Å². The fourth-order valence-corrected chi connectivity index (χ4v) is 3.47. The second kappa shape index (κ2) is 6.33. The third kappa shape index (κ3) is 2.91. The summed E-state index contributed by atoms with van der Waals surface area (Å²) in [5.74, 6) is -0.0290. The lowest BCUT2D eigenvalue weighted by molar-refractivity contribution is 0.00968. The summed E-state index contributed by atoms with van der Waals surface area (Å²) in [5, 5.41) is 0. The van der Waals surface area contributed by atoms with E-state index in [4.69, 9.17) is 4.74 Å². The molecule has 0 saturated heterocycles. The molecule has 1 aliphatic heterocycles. The molecule has 3 aromatic rings. The lowest BCUT2D eigenvalue weighted by Gasteiger charge is -2.29. The van der Waals surface area contributed by atoms with Crippen LogP contribution in [0.5, 0.6) is 0 Å². The van der Waals surface area contributed by atoms with E-state index in [0.29, 0.717) is 18.8 Å². The average molecular weight is 335 g/mol. The normalized spacial score (nSPS) is 16.6. The van der Waals surface area contributed by atoms with Crippen LogP contribution in [0.25, 0.3) is 5.65 Å². The Kier molecular flexibility index (Phi) is 4.01. The van der Waals surface area contributed by atoms with Crippen molar-refractivity contribution in [3.63, 3.8) is 0 Å². The number of rotatable bonds is 3. The molecule has 1 amide bonds. The van der Waals surface area contributed by atoms with Crippen molar-refractivity contribution >= 4 is 11.6 Å². The summed E-state index contributed by atoms with van der Waals surface area (Å²) in [6.45, 7) is 3.05. The van der Waals surface area contributed by atoms with Crippen molar-refractivity contribution in [2.75, 3.05) is 13.6 Å². The molecule has 1 aliphatic rings. The maximum Gasteiger partial charge on any atom is 0.272 e. The maximum absolute atomic E-state index is 13.0. The molecule has 0 aliphatic carbocycles. The number of ether oxygens (including phenoxy) is 1. The van der Waals surface area contributed by atoms with Crippen LogP contribution < -0.4 is 0 Å². The summed E-state index contributed by atoms with van der Waals surface area (Å²) in [7, 11) is 1.83. The fraction of sp³-hybridized carbons (Fsp3) is 0.300. The van der Waals surface area contributed by atoms with Crippen molar-refractivity contribution in [2.24, 2.45) is 0 Å². The molecule has 0 spiro atoms. The largest absolute Gasteiger partial charge is 0.371 e. The fourth-order valence-electron chi connectivity index (χ4n) is 3.47. The van der Waals surface area contributed by atoms with Gasteiger partial charge in [0.25, 0.3) is 5.91 Å². The topological polar surface area (TPSA) is 46.8 Å². The van der Waals surface area contributed by atoms with Gasteiger partial charge >= 0.3 is 0 Å². The van der Waals surface area contributed by atoms with Gasteiger partial charge in [-0.25, -0.2) is 4.98 Å². The van der Waals surface area contributed by atoms with Crippen molar-refractivity contribution in [2.45, 2.75) is 26.1 Å². The minimum Gasteiger partial charge on any atom is -0.371 e. The highest BCUT2D eigenvalue weighted by Gasteiger charge is 2.25. The lowest BCUT2D eigenvalue weighted by Crippen LogP contribution is -2.38. The molecule has 2 aromatic heterocycles. The number of imidazole rings is 1. The summed E-state index contributed by atoms with van der Waals surface area (Å²) in [6.07, 6.45) is 2.73. The summed E-state index contributed by atoms with van der Waals surface area (Å²) in [6, 6.07) is 14.1. The predicted molar refractivity (Wildman–Crippen MR) is 95.6 cm³/mol. The van der Waals surface area contributed by atoms with Gasteiger partial charge < -0.3 is 9.64 Å². The number of likely N-dealkylation sites (N-methyl/N-ethyl adjacent to an activating group) is 1. The number of aromatic nitrogens is 2. The molecule has 5 heteroatoms. The monoisotopic (exact) mass is 335 g/mol. The van der Waals surface area contributed by atoms with E-state index in [0.717, 1.165) is 17.8 Å². The van der Waals surface area contributed by atoms with E-state index >= 15 is 0 Å². The standard InChI is InChI=1S/C20H21N3O2/c1-14-19(23-10-6-5-9-18(23)21-14)20(24)22(2)12-17-11-15-7-3-4-8-16(15)13-25-17/h3-10,17H,11-13H2,1-2H3. The van der Waals surface area contributed by atoms with Crippen molar-refractivity contribution in [3.8, 4) is 0 Å². The van der Waals surface area contributed by atoms with Crippen LogP contribution in [-0.4, -0.2) is 39.9 Å². The smallest absolute Gasteiger partial charge is 0.272 e. The van der Waals surface area contributed by atoms with Crippen molar-refractivity contribution in [1.82, 2.24) is 14.3 Å². The summed E-state index contributed by atoms with van der Waals surface area (Å²) in [5.41, 5.74) is 4.71. The zero-order chi connectivity index (χ0) is 17.4. The summed E-state index contributed by atoms with van der Waals surface area (Å²) >= 11 is 0. The number of hydrogen-bond acceptors (Lipinski definition) is 3. The molecule has 128 valence electrons. The Bertz CT molecular complexity index is 932. The molecule has 0 fully saturated rings. The van der Waals surface area contributed by atoms with Gasteiger partial charge in [-0.1, -0.05) is 30.3 Å². The van der Waals surface area contributed by atoms with Crippen LogP contribution >= 0.6 is 0 Å². The first-order valence-electron chi connectivity index (χ1n) is 8.51. The highest BCUT2D eigenvalue weighted by atomic mass is 16.5. The highest BCUT2D eigenvalue weighted by Crippen LogP contribution is 2.21. The Morgan fingerprint density at radius 1 is 1.24 bits per heavy atom. The van der Waals surface area contributed by atoms with E-state index < -0.39 is 0 Å². The van der Waals surface area contributed by atoms with E-state index in [-0.39, 0.29) is 12.0 Å². The zero-order valence-corrected chi connectivity index (χ0v) is 14.5. The molecule has 0 bridgehead atoms. The van der Waals surface area contributed by atoms with E-state index in [1.54, 1.807) is 4.90 Å². The number of carbonyl (C=O) groups excluding carboxylic acids is 1. The number of amides is 1. The van der Waals surface area contributed by atoms with Crippen molar-refractivity contribution in [3.05, 3.63) is 71.2 Å². The van der Waals surface area contributed by atoms with Gasteiger partial charge in [-0.2, -0.15) is 0 Å². The van der Waals surface area contributed by atoms with Crippen LogP contribution in [0.3, 0.4) is 0 Å². The Balaban J connectivity index is 1.52. The first-order chi connectivity index (χ1) is 12.1. The maximum atomic E-state index is 13.0. The molecular formula is C20H21N3O2. The van der Waals surface area contributed by atoms with Crippen LogP contribution in [0.2, 0.25) is 0 Å². The van der Waals surface area contributed by atoms with Crippen LogP contribution in [0, 0.1) is 6.92 Å². The molecule has 0 saturated carbocycles. The number of aryl methyl sites for hydroxylation is 1. The van der Waals surface area contributed by atoms with Gasteiger partial charge in [-0.05, 0) is 30.2 Å². The molecular weight excluding hydrogens is 314 g/mol. The van der Waals surface area contributed by atoms with Crippen LogP contribution in [0.4, 0.5) is 0 Å². The molecule has 1 aromatic carbocycles. The first kappa shape index (κ1) is 15.8. The second-order valence-corrected chi connectivity index (χ2v) is 6.57. The molecule has 0 radical (unpaired) electrons. The average Bonchev–Trinajstić information content (AvgIpc) is 2.96. The number of benzene rings is 1. The SMILES string of the molecule is Cc1nc2ccccn2c1C(=O)N(C)CC1Cc2ccccc2CO1. The van der Waals surface area contributed by atoms with E-state index in [1.165, 1.54) is 11.1 Å². The molecule has 4 rings (SSSR count). The number of nitrogens with zero attached hydrogens (tertiary/aromatic N) is 3. The van der Waals surface area contributed by atoms with Crippen molar-refractivity contribution in [1.29, 1.82) is 0 Å². The van der Waals surface area contributed by atoms with Gasteiger partial charge in [0, 0.05) is 26.2 Å². The van der Waals surface area contributed by atoms with Crippen molar-refractivity contribution < 1.29 is 9.53 Å². The number of pyridine rings is 1. The molecule has 5 nitrogen and oxygen atoms in total. The van der Waals surface area contributed by atoms with Crippen LogP contribution in [0.1, 0.15) is 27.3 Å². The van der Waals surface area contributed by atoms with Gasteiger partial charge in [0.1, 0.15) is 11.3 Å². The number of hydrogen-bond donors (Lipinski definition) is 0. The molecule has 3 heterocycles. The third-order valence-electron chi connectivity index (χ3n) is 4.77.